The molecular formula is C10H16ClNO4. The molecule has 1 aliphatic heterocycles. The molecule has 1 saturated heterocycles. The fraction of sp³-hybridized carbons (Fsp3) is 0.700. The fourth-order valence-electron chi connectivity index (χ4n) is 1.58. The number of rotatable bonds is 2. The molecule has 92 valence electrons. The average Bonchev–Trinajstić information content (AvgIpc) is 2.17. The summed E-state index contributed by atoms with van der Waals surface area (Å²) < 4.78 is 4.78. The first-order chi connectivity index (χ1) is 7.06. The molecule has 5 nitrogen and oxygen atoms in total. The number of amides is 1. The Labute approximate surface area is 101 Å². The Morgan fingerprint density at radius 1 is 1.50 bits per heavy atom. The minimum absolute atomic E-state index is 0. The predicted octanol–water partition coefficient (Wildman–Crippen LogP) is 0.409. The van der Waals surface area contributed by atoms with E-state index in [9.17, 15) is 14.4 Å². The maximum Gasteiger partial charge on any atom is 0.316 e. The Kier molecular flexibility index (Phi) is 6.03. The van der Waals surface area contributed by atoms with Crippen LogP contribution in [0.4, 0.5) is 0 Å². The summed E-state index contributed by atoms with van der Waals surface area (Å²) in [6, 6.07) is 0. The van der Waals surface area contributed by atoms with Crippen LogP contribution < -0.4 is 0 Å². The van der Waals surface area contributed by atoms with Gasteiger partial charge in [-0.3, -0.25) is 14.4 Å². The molecule has 0 aliphatic carbocycles. The van der Waals surface area contributed by atoms with Gasteiger partial charge in [0.1, 0.15) is 5.92 Å². The number of ketones is 1. The third-order valence-corrected chi connectivity index (χ3v) is 2.44. The van der Waals surface area contributed by atoms with E-state index in [1.165, 1.54) is 11.8 Å². The summed E-state index contributed by atoms with van der Waals surface area (Å²) in [4.78, 5) is 35.3. The van der Waals surface area contributed by atoms with Crippen LogP contribution in [0, 0.1) is 5.92 Å². The number of hydrogen-bond acceptors (Lipinski definition) is 4. The lowest BCUT2D eigenvalue weighted by Crippen LogP contribution is -2.46. The Morgan fingerprint density at radius 3 is 2.56 bits per heavy atom. The van der Waals surface area contributed by atoms with E-state index in [4.69, 9.17) is 4.74 Å². The van der Waals surface area contributed by atoms with Crippen molar-refractivity contribution in [3.05, 3.63) is 0 Å². The molecule has 16 heavy (non-hydrogen) atoms. The molecule has 1 fully saturated rings. The van der Waals surface area contributed by atoms with Crippen LogP contribution in [0.1, 0.15) is 20.3 Å². The molecule has 1 heterocycles. The smallest absolute Gasteiger partial charge is 0.316 e. The summed E-state index contributed by atoms with van der Waals surface area (Å²) in [5.41, 5.74) is 0. The maximum atomic E-state index is 11.5. The molecule has 6 heteroatoms. The van der Waals surface area contributed by atoms with Crippen LogP contribution in [0.3, 0.4) is 0 Å². The van der Waals surface area contributed by atoms with Crippen LogP contribution in [-0.4, -0.2) is 42.3 Å². The van der Waals surface area contributed by atoms with Gasteiger partial charge in [-0.2, -0.15) is 0 Å². The average molecular weight is 250 g/mol. The summed E-state index contributed by atoms with van der Waals surface area (Å²) >= 11 is 0. The summed E-state index contributed by atoms with van der Waals surface area (Å²) in [7, 11) is 0. The van der Waals surface area contributed by atoms with Crippen molar-refractivity contribution in [2.45, 2.75) is 20.3 Å². The van der Waals surface area contributed by atoms with E-state index < -0.39 is 11.9 Å². The molecule has 0 spiro atoms. The molecule has 0 aromatic rings. The van der Waals surface area contributed by atoms with Gasteiger partial charge in [-0.15, -0.1) is 12.4 Å². The Balaban J connectivity index is 0.00000225. The zero-order valence-electron chi connectivity index (χ0n) is 9.39. The molecule has 1 amide bonds. The van der Waals surface area contributed by atoms with Gasteiger partial charge in [0.05, 0.1) is 13.2 Å². The molecule has 1 aliphatic rings. The van der Waals surface area contributed by atoms with Gasteiger partial charge in [-0.1, -0.05) is 0 Å². The lowest BCUT2D eigenvalue weighted by molar-refractivity contribution is -0.155. The number of carbonyl (C=O) groups excluding carboxylic acids is 3. The van der Waals surface area contributed by atoms with Crippen LogP contribution in [0.5, 0.6) is 0 Å². The summed E-state index contributed by atoms with van der Waals surface area (Å²) in [5, 5.41) is 0. The summed E-state index contributed by atoms with van der Waals surface area (Å²) in [5.74, 6) is -1.51. The van der Waals surface area contributed by atoms with Crippen LogP contribution >= 0.6 is 12.4 Å². The Morgan fingerprint density at radius 2 is 2.12 bits per heavy atom. The number of likely N-dealkylation sites (tertiary alicyclic amines) is 1. The Bertz CT molecular complexity index is 293. The molecule has 0 N–H and O–H groups in total. The molecule has 0 saturated carbocycles. The summed E-state index contributed by atoms with van der Waals surface area (Å²) in [6.07, 6.45) is 0.372. The molecule has 1 atom stereocenters. The largest absolute Gasteiger partial charge is 0.465 e. The molecular weight excluding hydrogens is 234 g/mol. The van der Waals surface area contributed by atoms with Gasteiger partial charge < -0.3 is 9.64 Å². The van der Waals surface area contributed by atoms with Gasteiger partial charge in [0, 0.05) is 13.5 Å². The van der Waals surface area contributed by atoms with Gasteiger partial charge in [0.2, 0.25) is 5.91 Å². The van der Waals surface area contributed by atoms with Gasteiger partial charge in [0.15, 0.2) is 5.78 Å². The van der Waals surface area contributed by atoms with Crippen molar-refractivity contribution in [3.63, 3.8) is 0 Å². The normalized spacial score (nSPS) is 20.0. The first-order valence-electron chi connectivity index (χ1n) is 5.01. The highest BCUT2D eigenvalue weighted by atomic mass is 35.5. The van der Waals surface area contributed by atoms with Gasteiger partial charge >= 0.3 is 5.97 Å². The van der Waals surface area contributed by atoms with Crippen molar-refractivity contribution in [3.8, 4) is 0 Å². The number of hydrogen-bond donors (Lipinski definition) is 0. The second-order valence-corrected chi connectivity index (χ2v) is 3.50. The second-order valence-electron chi connectivity index (χ2n) is 3.50. The van der Waals surface area contributed by atoms with Crippen molar-refractivity contribution in [2.24, 2.45) is 5.92 Å². The first kappa shape index (κ1) is 14.9. The van der Waals surface area contributed by atoms with E-state index in [2.05, 4.69) is 0 Å². The molecule has 1 unspecified atom stereocenters. The standard InChI is InChI=1S/C10H15NO4.ClH/c1-3-15-10(14)8-4-5-11(7(2)12)6-9(8)13;/h8H,3-6H2,1-2H3;1H. The van der Waals surface area contributed by atoms with Crippen LogP contribution in [-0.2, 0) is 19.1 Å². The van der Waals surface area contributed by atoms with Crippen molar-refractivity contribution in [1.29, 1.82) is 0 Å². The number of Topliss-reactive ketones (excluding diaryl/α,β-unsaturated/α-hetero) is 1. The zero-order chi connectivity index (χ0) is 11.4. The molecule has 0 radical (unpaired) electrons. The van der Waals surface area contributed by atoms with Gasteiger partial charge in [0.25, 0.3) is 0 Å². The SMILES string of the molecule is CCOC(=O)C1CCN(C(C)=O)CC1=O.Cl. The molecule has 1 rings (SSSR count). The third kappa shape index (κ3) is 3.48. The van der Waals surface area contributed by atoms with E-state index in [0.29, 0.717) is 13.0 Å². The zero-order valence-corrected chi connectivity index (χ0v) is 10.2. The maximum absolute atomic E-state index is 11.5. The molecule has 0 bridgehead atoms. The minimum Gasteiger partial charge on any atom is -0.465 e. The molecule has 0 aromatic heterocycles. The van der Waals surface area contributed by atoms with Gasteiger partial charge in [-0.05, 0) is 13.3 Å². The van der Waals surface area contributed by atoms with Crippen molar-refractivity contribution < 1.29 is 19.1 Å². The van der Waals surface area contributed by atoms with E-state index in [-0.39, 0.29) is 37.2 Å². The highest BCUT2D eigenvalue weighted by molar-refractivity contribution is 6.01. The Hall–Kier alpha value is -1.10. The number of halogens is 1. The number of ether oxygens (including phenoxy) is 1. The monoisotopic (exact) mass is 249 g/mol. The van der Waals surface area contributed by atoms with Crippen molar-refractivity contribution >= 4 is 30.1 Å². The fourth-order valence-corrected chi connectivity index (χ4v) is 1.58. The van der Waals surface area contributed by atoms with Gasteiger partial charge in [-0.25, -0.2) is 0 Å². The van der Waals surface area contributed by atoms with Crippen molar-refractivity contribution in [1.82, 2.24) is 4.90 Å². The number of carbonyl (C=O) groups is 3. The molecule has 0 aromatic carbocycles. The minimum atomic E-state index is -0.680. The van der Waals surface area contributed by atoms with E-state index in [0.717, 1.165) is 0 Å². The topological polar surface area (TPSA) is 63.7 Å². The van der Waals surface area contributed by atoms with E-state index in [1.54, 1.807) is 6.92 Å². The first-order valence-corrected chi connectivity index (χ1v) is 5.01. The van der Waals surface area contributed by atoms with Crippen LogP contribution in [0.25, 0.3) is 0 Å². The highest BCUT2D eigenvalue weighted by Crippen LogP contribution is 2.15. The lowest BCUT2D eigenvalue weighted by atomic mass is 9.95. The number of piperidine rings is 1. The van der Waals surface area contributed by atoms with E-state index >= 15 is 0 Å². The number of nitrogens with zero attached hydrogens (tertiary/aromatic N) is 1. The van der Waals surface area contributed by atoms with Crippen LogP contribution in [0.15, 0.2) is 0 Å². The lowest BCUT2D eigenvalue weighted by Gasteiger charge is -2.28. The second kappa shape index (κ2) is 6.48. The van der Waals surface area contributed by atoms with E-state index in [1.807, 2.05) is 0 Å². The van der Waals surface area contributed by atoms with Crippen LogP contribution in [0.2, 0.25) is 0 Å². The predicted molar refractivity (Wildman–Crippen MR) is 59.2 cm³/mol. The third-order valence-electron chi connectivity index (χ3n) is 2.44. The quantitative estimate of drug-likeness (QED) is 0.525. The number of esters is 1. The highest BCUT2D eigenvalue weighted by Gasteiger charge is 2.34. The van der Waals surface area contributed by atoms with Crippen molar-refractivity contribution in [2.75, 3.05) is 19.7 Å². The summed E-state index contributed by atoms with van der Waals surface area (Å²) in [6.45, 7) is 3.87.